The van der Waals surface area contributed by atoms with Crippen LogP contribution in [-0.2, 0) is 9.53 Å². The average Bonchev–Trinajstić information content (AvgIpc) is 2.08. The van der Waals surface area contributed by atoms with Crippen molar-refractivity contribution in [3.8, 4) is 0 Å². The molecule has 1 aliphatic rings. The third-order valence-electron chi connectivity index (χ3n) is 2.29. The maximum atomic E-state index is 11.4. The minimum absolute atomic E-state index is 0.00359. The molecule has 1 aliphatic heterocycles. The number of rotatable bonds is 1. The summed E-state index contributed by atoms with van der Waals surface area (Å²) >= 11 is 0. The van der Waals surface area contributed by atoms with Crippen molar-refractivity contribution in [3.05, 3.63) is 0 Å². The molecule has 0 spiro atoms. The summed E-state index contributed by atoms with van der Waals surface area (Å²) in [6.45, 7) is 7.25. The van der Waals surface area contributed by atoms with Gasteiger partial charge in [-0.25, -0.2) is 0 Å². The molecule has 0 saturated carbocycles. The van der Waals surface area contributed by atoms with Gasteiger partial charge in [0.15, 0.2) is 0 Å². The zero-order valence-corrected chi connectivity index (χ0v) is 8.54. The summed E-state index contributed by atoms with van der Waals surface area (Å²) in [5.41, 5.74) is 5.08. The Morgan fingerprint density at radius 3 is 2.85 bits per heavy atom. The van der Waals surface area contributed by atoms with Gasteiger partial charge in [-0.15, -0.1) is 0 Å². The highest BCUT2D eigenvalue weighted by Gasteiger charge is 2.33. The molecule has 1 amide bonds. The zero-order valence-electron chi connectivity index (χ0n) is 8.54. The molecule has 13 heavy (non-hydrogen) atoms. The quantitative estimate of drug-likeness (QED) is 0.625. The van der Waals surface area contributed by atoms with Crippen LogP contribution in [0, 0.1) is 0 Å². The van der Waals surface area contributed by atoms with Crippen molar-refractivity contribution in [1.82, 2.24) is 4.90 Å². The van der Waals surface area contributed by atoms with Crippen LogP contribution in [-0.4, -0.2) is 42.1 Å². The van der Waals surface area contributed by atoms with Crippen LogP contribution in [0.4, 0.5) is 0 Å². The van der Waals surface area contributed by atoms with Gasteiger partial charge in [0.05, 0.1) is 24.8 Å². The van der Waals surface area contributed by atoms with Crippen LogP contribution in [0.3, 0.4) is 0 Å². The fraction of sp³-hybridized carbons (Fsp3) is 0.889. The summed E-state index contributed by atoms with van der Waals surface area (Å²) in [6.07, 6.45) is 0. The summed E-state index contributed by atoms with van der Waals surface area (Å²) in [6, 6.07) is 0.143. The lowest BCUT2D eigenvalue weighted by Gasteiger charge is -2.42. The Hall–Kier alpha value is -0.610. The van der Waals surface area contributed by atoms with Gasteiger partial charge in [0.2, 0.25) is 5.91 Å². The second-order valence-corrected chi connectivity index (χ2v) is 4.15. The largest absolute Gasteiger partial charge is 0.372 e. The van der Waals surface area contributed by atoms with Crippen molar-refractivity contribution in [2.75, 3.05) is 19.7 Å². The number of amides is 1. The highest BCUT2D eigenvalue weighted by Crippen LogP contribution is 2.20. The number of carbonyl (C=O) groups excluding carboxylic acids is 1. The van der Waals surface area contributed by atoms with Gasteiger partial charge >= 0.3 is 0 Å². The van der Waals surface area contributed by atoms with E-state index in [4.69, 9.17) is 10.5 Å². The highest BCUT2D eigenvalue weighted by molar-refractivity contribution is 5.78. The van der Waals surface area contributed by atoms with E-state index in [-0.39, 0.29) is 24.1 Å². The number of carbonyl (C=O) groups is 1. The molecule has 0 radical (unpaired) electrons. The van der Waals surface area contributed by atoms with Crippen molar-refractivity contribution >= 4 is 5.91 Å². The average molecular weight is 186 g/mol. The van der Waals surface area contributed by atoms with E-state index in [1.807, 2.05) is 20.8 Å². The number of hydrogen-bond acceptors (Lipinski definition) is 3. The van der Waals surface area contributed by atoms with E-state index < -0.39 is 0 Å². The van der Waals surface area contributed by atoms with Crippen LogP contribution in [0.25, 0.3) is 0 Å². The lowest BCUT2D eigenvalue weighted by molar-refractivity contribution is -0.152. The number of morpholine rings is 1. The fourth-order valence-electron chi connectivity index (χ4n) is 1.50. The third kappa shape index (κ3) is 2.42. The van der Waals surface area contributed by atoms with Gasteiger partial charge < -0.3 is 15.4 Å². The van der Waals surface area contributed by atoms with E-state index in [1.165, 1.54) is 0 Å². The Bertz CT molecular complexity index is 204. The molecule has 4 heteroatoms. The van der Waals surface area contributed by atoms with Crippen LogP contribution < -0.4 is 5.73 Å². The molecule has 1 saturated heterocycles. The number of ether oxygens (including phenoxy) is 1. The molecule has 2 N–H and O–H groups in total. The molecule has 4 nitrogen and oxygen atoms in total. The summed E-state index contributed by atoms with van der Waals surface area (Å²) in [5, 5.41) is 0. The van der Waals surface area contributed by atoms with Crippen molar-refractivity contribution in [3.63, 3.8) is 0 Å². The minimum atomic E-state index is -0.239. The zero-order chi connectivity index (χ0) is 10.1. The first kappa shape index (κ1) is 10.5. The maximum absolute atomic E-state index is 11.4. The molecule has 1 heterocycles. The van der Waals surface area contributed by atoms with E-state index in [0.717, 1.165) is 0 Å². The van der Waals surface area contributed by atoms with Crippen LogP contribution in [0.2, 0.25) is 0 Å². The predicted molar refractivity (Wildman–Crippen MR) is 50.3 cm³/mol. The third-order valence-corrected chi connectivity index (χ3v) is 2.29. The SMILES string of the molecule is CC1COC(C)(C)CN1C(=O)CN. The van der Waals surface area contributed by atoms with E-state index in [9.17, 15) is 4.79 Å². The van der Waals surface area contributed by atoms with Gasteiger partial charge in [0.25, 0.3) is 0 Å². The summed E-state index contributed by atoms with van der Waals surface area (Å²) in [5.74, 6) is 0.00359. The molecule has 1 unspecified atom stereocenters. The first-order valence-corrected chi connectivity index (χ1v) is 4.60. The second kappa shape index (κ2) is 3.64. The molecular formula is C9H18N2O2. The molecule has 0 bridgehead atoms. The smallest absolute Gasteiger partial charge is 0.236 e. The molecule has 0 aromatic heterocycles. The minimum Gasteiger partial charge on any atom is -0.372 e. The van der Waals surface area contributed by atoms with E-state index in [0.29, 0.717) is 13.2 Å². The predicted octanol–water partition coefficient (Wildman–Crippen LogP) is -0.0290. The Balaban J connectivity index is 2.65. The van der Waals surface area contributed by atoms with Gasteiger partial charge in [-0.3, -0.25) is 4.79 Å². The van der Waals surface area contributed by atoms with Crippen molar-refractivity contribution in [2.24, 2.45) is 5.73 Å². The standard InChI is InChI=1S/C9H18N2O2/c1-7-5-13-9(2,3)6-11(7)8(12)4-10/h7H,4-6,10H2,1-3H3. The summed E-state index contributed by atoms with van der Waals surface area (Å²) in [4.78, 5) is 13.2. The molecule has 1 rings (SSSR count). The molecule has 0 aromatic carbocycles. The van der Waals surface area contributed by atoms with Gasteiger partial charge in [-0.05, 0) is 20.8 Å². The Kier molecular flexibility index (Phi) is 2.93. The topological polar surface area (TPSA) is 55.6 Å². The highest BCUT2D eigenvalue weighted by atomic mass is 16.5. The summed E-state index contributed by atoms with van der Waals surface area (Å²) < 4.78 is 5.57. The van der Waals surface area contributed by atoms with Crippen LogP contribution in [0.5, 0.6) is 0 Å². The Morgan fingerprint density at radius 2 is 2.31 bits per heavy atom. The molecular weight excluding hydrogens is 168 g/mol. The Morgan fingerprint density at radius 1 is 1.69 bits per heavy atom. The first-order valence-electron chi connectivity index (χ1n) is 4.60. The van der Waals surface area contributed by atoms with Crippen LogP contribution >= 0.6 is 0 Å². The lowest BCUT2D eigenvalue weighted by atomic mass is 10.0. The lowest BCUT2D eigenvalue weighted by Crippen LogP contribution is -2.56. The molecule has 1 fully saturated rings. The number of hydrogen-bond donors (Lipinski definition) is 1. The van der Waals surface area contributed by atoms with Gasteiger partial charge in [-0.2, -0.15) is 0 Å². The monoisotopic (exact) mass is 186 g/mol. The summed E-state index contributed by atoms with van der Waals surface area (Å²) in [7, 11) is 0. The molecule has 76 valence electrons. The van der Waals surface area contributed by atoms with Crippen LogP contribution in [0.15, 0.2) is 0 Å². The van der Waals surface area contributed by atoms with Gasteiger partial charge in [-0.1, -0.05) is 0 Å². The van der Waals surface area contributed by atoms with Crippen LogP contribution in [0.1, 0.15) is 20.8 Å². The van der Waals surface area contributed by atoms with E-state index in [2.05, 4.69) is 0 Å². The van der Waals surface area contributed by atoms with Crippen molar-refractivity contribution in [1.29, 1.82) is 0 Å². The first-order chi connectivity index (χ1) is 5.96. The molecule has 0 aliphatic carbocycles. The second-order valence-electron chi connectivity index (χ2n) is 4.15. The normalized spacial score (nSPS) is 27.4. The Labute approximate surface area is 79.0 Å². The number of nitrogens with zero attached hydrogens (tertiary/aromatic N) is 1. The van der Waals surface area contributed by atoms with Gasteiger partial charge in [0.1, 0.15) is 0 Å². The van der Waals surface area contributed by atoms with Crippen molar-refractivity contribution in [2.45, 2.75) is 32.4 Å². The van der Waals surface area contributed by atoms with Crippen molar-refractivity contribution < 1.29 is 9.53 Å². The maximum Gasteiger partial charge on any atom is 0.236 e. The van der Waals surface area contributed by atoms with E-state index in [1.54, 1.807) is 4.90 Å². The van der Waals surface area contributed by atoms with Gasteiger partial charge in [0, 0.05) is 6.54 Å². The van der Waals surface area contributed by atoms with E-state index >= 15 is 0 Å². The fourth-order valence-corrected chi connectivity index (χ4v) is 1.50. The molecule has 1 atom stereocenters. The molecule has 0 aromatic rings. The number of nitrogens with two attached hydrogens (primary N) is 1.